The van der Waals surface area contributed by atoms with E-state index in [1.807, 2.05) is 0 Å². The van der Waals surface area contributed by atoms with Crippen molar-refractivity contribution in [2.24, 2.45) is 11.7 Å². The van der Waals surface area contributed by atoms with Crippen LogP contribution in [0.4, 0.5) is 0 Å². The van der Waals surface area contributed by atoms with Crippen LogP contribution in [-0.4, -0.2) is 7.11 Å². The summed E-state index contributed by atoms with van der Waals surface area (Å²) in [6, 6.07) is 4.56. The van der Waals surface area contributed by atoms with E-state index in [4.69, 9.17) is 10.5 Å². The fourth-order valence-corrected chi connectivity index (χ4v) is 2.57. The number of aryl methyl sites for hydroxylation is 2. The van der Waals surface area contributed by atoms with Gasteiger partial charge in [-0.15, -0.1) is 12.4 Å². The van der Waals surface area contributed by atoms with Crippen molar-refractivity contribution >= 4 is 12.4 Å². The van der Waals surface area contributed by atoms with E-state index in [1.54, 1.807) is 7.11 Å². The van der Waals surface area contributed by atoms with Crippen molar-refractivity contribution in [1.29, 1.82) is 0 Å². The molecule has 2 N–H and O–H groups in total. The van der Waals surface area contributed by atoms with Gasteiger partial charge in [0.05, 0.1) is 7.11 Å². The molecule has 2 nitrogen and oxygen atoms in total. The van der Waals surface area contributed by atoms with E-state index in [2.05, 4.69) is 26.0 Å². The van der Waals surface area contributed by atoms with Gasteiger partial charge in [-0.25, -0.2) is 0 Å². The van der Waals surface area contributed by atoms with Crippen LogP contribution in [0.25, 0.3) is 0 Å². The molecule has 0 amide bonds. The Balaban J connectivity index is 0.00000144. The molecule has 1 saturated carbocycles. The Bertz CT molecular complexity index is 365. The highest BCUT2D eigenvalue weighted by Crippen LogP contribution is 2.37. The lowest BCUT2D eigenvalue weighted by atomic mass is 9.77. The summed E-state index contributed by atoms with van der Waals surface area (Å²) in [7, 11) is 1.72. The van der Waals surface area contributed by atoms with Crippen molar-refractivity contribution in [1.82, 2.24) is 0 Å². The molecule has 0 aromatic heterocycles. The molecule has 0 heterocycles. The predicted octanol–water partition coefficient (Wildman–Crippen LogP) is 3.53. The molecule has 0 saturated heterocycles. The van der Waals surface area contributed by atoms with Gasteiger partial charge in [0.2, 0.25) is 0 Å². The smallest absolute Gasteiger partial charge is 0.124 e. The highest BCUT2D eigenvalue weighted by atomic mass is 35.5. The molecule has 0 aliphatic heterocycles. The lowest BCUT2D eigenvalue weighted by Gasteiger charge is -2.32. The number of ether oxygens (including phenoxy) is 1. The highest BCUT2D eigenvalue weighted by molar-refractivity contribution is 5.85. The minimum atomic E-state index is 0. The van der Waals surface area contributed by atoms with Gasteiger partial charge in [-0.3, -0.25) is 0 Å². The van der Waals surface area contributed by atoms with Crippen LogP contribution in [0.3, 0.4) is 0 Å². The van der Waals surface area contributed by atoms with Crippen molar-refractivity contribution in [2.45, 2.75) is 39.2 Å². The van der Waals surface area contributed by atoms with Crippen LogP contribution in [0.5, 0.6) is 5.75 Å². The Labute approximate surface area is 110 Å². The third-order valence-corrected chi connectivity index (χ3v) is 3.73. The number of nitrogens with two attached hydrogens (primary N) is 1. The first kappa shape index (κ1) is 14.3. The molecule has 17 heavy (non-hydrogen) atoms. The van der Waals surface area contributed by atoms with Gasteiger partial charge in [0.15, 0.2) is 0 Å². The second-order valence-corrected chi connectivity index (χ2v) is 4.90. The third-order valence-electron chi connectivity index (χ3n) is 3.73. The molecule has 1 fully saturated rings. The number of hydrogen-bond acceptors (Lipinski definition) is 2. The van der Waals surface area contributed by atoms with Crippen molar-refractivity contribution < 1.29 is 4.74 Å². The van der Waals surface area contributed by atoms with Crippen molar-refractivity contribution in [3.8, 4) is 5.75 Å². The Morgan fingerprint density at radius 2 is 1.76 bits per heavy atom. The second-order valence-electron chi connectivity index (χ2n) is 4.90. The molecule has 0 spiro atoms. The first-order chi connectivity index (χ1) is 7.63. The van der Waals surface area contributed by atoms with Gasteiger partial charge in [-0.05, 0) is 49.3 Å². The molecule has 0 radical (unpaired) electrons. The van der Waals surface area contributed by atoms with E-state index in [1.165, 1.54) is 36.0 Å². The summed E-state index contributed by atoms with van der Waals surface area (Å²) < 4.78 is 5.37. The zero-order valence-corrected chi connectivity index (χ0v) is 11.6. The van der Waals surface area contributed by atoms with Gasteiger partial charge >= 0.3 is 0 Å². The Morgan fingerprint density at radius 1 is 1.24 bits per heavy atom. The van der Waals surface area contributed by atoms with Crippen LogP contribution >= 0.6 is 12.4 Å². The molecule has 0 bridgehead atoms. The zero-order chi connectivity index (χ0) is 11.7. The molecule has 1 aromatic carbocycles. The summed E-state index contributed by atoms with van der Waals surface area (Å²) in [4.78, 5) is 0. The van der Waals surface area contributed by atoms with Gasteiger partial charge in [-0.2, -0.15) is 0 Å². The average Bonchev–Trinajstić information content (AvgIpc) is 2.14. The molecule has 2 rings (SSSR count). The summed E-state index contributed by atoms with van der Waals surface area (Å²) in [6.45, 7) is 4.17. The Kier molecular flexibility index (Phi) is 4.84. The van der Waals surface area contributed by atoms with Crippen LogP contribution in [0, 0.1) is 19.8 Å². The molecular weight excluding hydrogens is 234 g/mol. The predicted molar refractivity (Wildman–Crippen MR) is 74.0 cm³/mol. The number of rotatable bonds is 3. The van der Waals surface area contributed by atoms with Crippen LogP contribution in [-0.2, 0) is 0 Å². The van der Waals surface area contributed by atoms with Crippen LogP contribution in [0.15, 0.2) is 12.1 Å². The zero-order valence-electron chi connectivity index (χ0n) is 10.8. The molecule has 1 atom stereocenters. The quantitative estimate of drug-likeness (QED) is 0.897. The highest BCUT2D eigenvalue weighted by Gasteiger charge is 2.26. The second kappa shape index (κ2) is 5.74. The number of methoxy groups -OCH3 is 1. The maximum atomic E-state index is 6.29. The third kappa shape index (κ3) is 2.75. The first-order valence-corrected chi connectivity index (χ1v) is 6.04. The maximum Gasteiger partial charge on any atom is 0.124 e. The van der Waals surface area contributed by atoms with Crippen LogP contribution < -0.4 is 10.5 Å². The lowest BCUT2D eigenvalue weighted by Crippen LogP contribution is -2.27. The van der Waals surface area contributed by atoms with Crippen LogP contribution in [0.1, 0.15) is 42.0 Å². The van der Waals surface area contributed by atoms with Gasteiger partial charge in [-0.1, -0.05) is 18.6 Å². The van der Waals surface area contributed by atoms with Gasteiger partial charge in [0, 0.05) is 6.04 Å². The topological polar surface area (TPSA) is 35.2 Å². The lowest BCUT2D eigenvalue weighted by molar-refractivity contribution is 0.264. The Morgan fingerprint density at radius 3 is 2.12 bits per heavy atom. The van der Waals surface area contributed by atoms with Crippen molar-refractivity contribution in [2.75, 3.05) is 7.11 Å². The fourth-order valence-electron chi connectivity index (χ4n) is 2.57. The monoisotopic (exact) mass is 255 g/mol. The molecule has 1 aromatic rings. The van der Waals surface area contributed by atoms with E-state index < -0.39 is 0 Å². The summed E-state index contributed by atoms with van der Waals surface area (Å²) in [6.07, 6.45) is 3.91. The average molecular weight is 256 g/mol. The molecule has 0 unspecified atom stereocenters. The maximum absolute atomic E-state index is 6.29. The molecule has 96 valence electrons. The normalized spacial score (nSPS) is 16.9. The summed E-state index contributed by atoms with van der Waals surface area (Å²) in [5.41, 5.74) is 9.93. The van der Waals surface area contributed by atoms with E-state index in [0.29, 0.717) is 5.92 Å². The largest absolute Gasteiger partial charge is 0.496 e. The number of hydrogen-bond donors (Lipinski definition) is 1. The molecule has 1 aliphatic carbocycles. The molecule has 1 aliphatic rings. The SMILES string of the molecule is COc1c(C)cc([C@H](N)C2CCC2)cc1C.Cl. The van der Waals surface area contributed by atoms with Gasteiger partial charge in [0.1, 0.15) is 5.75 Å². The fraction of sp³-hybridized carbons (Fsp3) is 0.571. The minimum absolute atomic E-state index is 0. The van der Waals surface area contributed by atoms with E-state index >= 15 is 0 Å². The number of benzene rings is 1. The van der Waals surface area contributed by atoms with E-state index in [-0.39, 0.29) is 18.4 Å². The standard InChI is InChI=1S/C14H21NO.ClH/c1-9-7-12(8-10(2)14(9)16-3)13(15)11-5-4-6-11;/h7-8,11,13H,4-6,15H2,1-3H3;1H/t13-;/m1./s1. The van der Waals surface area contributed by atoms with Gasteiger partial charge < -0.3 is 10.5 Å². The van der Waals surface area contributed by atoms with E-state index in [0.717, 1.165) is 5.75 Å². The summed E-state index contributed by atoms with van der Waals surface area (Å²) >= 11 is 0. The van der Waals surface area contributed by atoms with E-state index in [9.17, 15) is 0 Å². The minimum Gasteiger partial charge on any atom is -0.496 e. The number of halogens is 1. The van der Waals surface area contributed by atoms with Crippen LogP contribution in [0.2, 0.25) is 0 Å². The van der Waals surface area contributed by atoms with Crippen molar-refractivity contribution in [3.05, 3.63) is 28.8 Å². The van der Waals surface area contributed by atoms with Gasteiger partial charge in [0.25, 0.3) is 0 Å². The first-order valence-electron chi connectivity index (χ1n) is 6.04. The molecule has 3 heteroatoms. The summed E-state index contributed by atoms with van der Waals surface area (Å²) in [5, 5.41) is 0. The van der Waals surface area contributed by atoms with Crippen molar-refractivity contribution in [3.63, 3.8) is 0 Å². The Hall–Kier alpha value is -0.730. The summed E-state index contributed by atoms with van der Waals surface area (Å²) in [5.74, 6) is 1.68. The molecular formula is C14H22ClNO.